The van der Waals surface area contributed by atoms with E-state index in [0.29, 0.717) is 23.6 Å². The Hall–Kier alpha value is -0.510. The lowest BCUT2D eigenvalue weighted by atomic mass is 9.51. The van der Waals surface area contributed by atoms with Gasteiger partial charge in [-0.2, -0.15) is 0 Å². The second kappa shape index (κ2) is 6.31. The number of rotatable bonds is 6. The van der Waals surface area contributed by atoms with Crippen LogP contribution in [0.15, 0.2) is 29.2 Å². The van der Waals surface area contributed by atoms with E-state index in [1.165, 1.54) is 36.1 Å². The number of hydrogen-bond donors (Lipinski definition) is 1. The Morgan fingerprint density at radius 1 is 1.33 bits per heavy atom. The second-order valence-corrected chi connectivity index (χ2v) is 7.36. The first-order valence-electron chi connectivity index (χ1n) is 8.21. The molecule has 2 nitrogen and oxygen atoms in total. The highest BCUT2D eigenvalue weighted by atomic mass is 32.2. The summed E-state index contributed by atoms with van der Waals surface area (Å²) in [7, 11) is 0. The molecule has 1 N–H and O–H groups in total. The Balaban J connectivity index is 1.61. The molecular formula is C18H27NOS. The normalized spacial score (nSPS) is 28.0. The molecule has 2 aliphatic rings. The van der Waals surface area contributed by atoms with Crippen molar-refractivity contribution in [1.82, 2.24) is 5.32 Å². The van der Waals surface area contributed by atoms with Gasteiger partial charge in [0, 0.05) is 29.0 Å². The van der Waals surface area contributed by atoms with E-state index >= 15 is 0 Å². The summed E-state index contributed by atoms with van der Waals surface area (Å²) in [5, 5.41) is 3.86. The maximum absolute atomic E-state index is 5.94. The molecule has 1 spiro atoms. The van der Waals surface area contributed by atoms with Gasteiger partial charge in [0.05, 0.1) is 6.10 Å². The molecule has 0 aromatic heterocycles. The molecule has 3 heteroatoms. The van der Waals surface area contributed by atoms with Gasteiger partial charge < -0.3 is 10.1 Å². The summed E-state index contributed by atoms with van der Waals surface area (Å²) < 4.78 is 5.94. The molecule has 3 atom stereocenters. The lowest BCUT2D eigenvalue weighted by Crippen LogP contribution is -2.67. The third-order valence-corrected chi connectivity index (χ3v) is 6.25. The minimum Gasteiger partial charge on any atom is -0.378 e. The van der Waals surface area contributed by atoms with Crippen molar-refractivity contribution in [1.29, 1.82) is 0 Å². The third kappa shape index (κ3) is 2.76. The summed E-state index contributed by atoms with van der Waals surface area (Å²) in [6.07, 6.45) is 7.86. The minimum atomic E-state index is 0.422. The highest BCUT2D eigenvalue weighted by molar-refractivity contribution is 7.98. The summed E-state index contributed by atoms with van der Waals surface area (Å²) in [5.74, 6) is 0. The van der Waals surface area contributed by atoms with Crippen molar-refractivity contribution >= 4 is 11.8 Å². The summed E-state index contributed by atoms with van der Waals surface area (Å²) in [6, 6.07) is 10.0. The number of ether oxygens (including phenoxy) is 1. The fourth-order valence-corrected chi connectivity index (χ4v) is 4.37. The van der Waals surface area contributed by atoms with Crippen LogP contribution in [0.25, 0.3) is 0 Å². The molecule has 0 saturated heterocycles. The van der Waals surface area contributed by atoms with Gasteiger partial charge in [0.1, 0.15) is 0 Å². The first-order chi connectivity index (χ1) is 10.2. The van der Waals surface area contributed by atoms with Crippen LogP contribution in [0.4, 0.5) is 0 Å². The SMILES string of the molecule is CCOC1CC(NC(C)c2ccc(SC)cc2)C12CCC2. The minimum absolute atomic E-state index is 0.422. The Morgan fingerprint density at radius 3 is 2.57 bits per heavy atom. The fourth-order valence-electron chi connectivity index (χ4n) is 3.96. The zero-order chi connectivity index (χ0) is 14.9. The van der Waals surface area contributed by atoms with Crippen molar-refractivity contribution in [2.75, 3.05) is 12.9 Å². The molecule has 3 unspecified atom stereocenters. The molecule has 0 aliphatic heterocycles. The van der Waals surface area contributed by atoms with Gasteiger partial charge in [-0.05, 0) is 57.1 Å². The van der Waals surface area contributed by atoms with Crippen LogP contribution >= 0.6 is 11.8 Å². The quantitative estimate of drug-likeness (QED) is 0.787. The molecule has 2 saturated carbocycles. The number of thioether (sulfide) groups is 1. The first kappa shape index (κ1) is 15.4. The highest BCUT2D eigenvalue weighted by Crippen LogP contribution is 2.57. The molecular weight excluding hydrogens is 278 g/mol. The van der Waals surface area contributed by atoms with Crippen molar-refractivity contribution in [3.8, 4) is 0 Å². The van der Waals surface area contributed by atoms with Crippen molar-refractivity contribution in [2.24, 2.45) is 5.41 Å². The summed E-state index contributed by atoms with van der Waals surface area (Å²) in [4.78, 5) is 1.33. The van der Waals surface area contributed by atoms with Gasteiger partial charge in [-0.1, -0.05) is 18.6 Å². The van der Waals surface area contributed by atoms with Crippen LogP contribution in [-0.4, -0.2) is 25.0 Å². The van der Waals surface area contributed by atoms with Gasteiger partial charge in [0.15, 0.2) is 0 Å². The Morgan fingerprint density at radius 2 is 2.05 bits per heavy atom. The maximum atomic E-state index is 5.94. The van der Waals surface area contributed by atoms with Gasteiger partial charge >= 0.3 is 0 Å². The van der Waals surface area contributed by atoms with E-state index in [4.69, 9.17) is 4.74 Å². The van der Waals surface area contributed by atoms with Crippen LogP contribution in [0, 0.1) is 5.41 Å². The molecule has 1 aromatic rings. The van der Waals surface area contributed by atoms with E-state index in [9.17, 15) is 0 Å². The van der Waals surface area contributed by atoms with Crippen molar-refractivity contribution in [3.05, 3.63) is 29.8 Å². The van der Waals surface area contributed by atoms with Gasteiger partial charge in [-0.15, -0.1) is 11.8 Å². The molecule has 0 radical (unpaired) electrons. The lowest BCUT2D eigenvalue weighted by Gasteiger charge is -2.61. The second-order valence-electron chi connectivity index (χ2n) is 6.48. The highest BCUT2D eigenvalue weighted by Gasteiger charge is 2.58. The predicted octanol–water partition coefficient (Wildman–Crippen LogP) is 4.41. The first-order valence-corrected chi connectivity index (χ1v) is 9.43. The summed E-state index contributed by atoms with van der Waals surface area (Å²) in [5.41, 5.74) is 1.84. The van der Waals surface area contributed by atoms with Gasteiger partial charge in [0.2, 0.25) is 0 Å². The topological polar surface area (TPSA) is 21.3 Å². The molecule has 0 bridgehead atoms. The van der Waals surface area contributed by atoms with Crippen LogP contribution in [-0.2, 0) is 4.74 Å². The van der Waals surface area contributed by atoms with Gasteiger partial charge in [0.25, 0.3) is 0 Å². The average molecular weight is 305 g/mol. The van der Waals surface area contributed by atoms with E-state index in [-0.39, 0.29) is 0 Å². The number of hydrogen-bond acceptors (Lipinski definition) is 3. The monoisotopic (exact) mass is 305 g/mol. The van der Waals surface area contributed by atoms with Crippen molar-refractivity contribution in [2.45, 2.75) is 62.6 Å². The van der Waals surface area contributed by atoms with E-state index in [1.807, 2.05) is 0 Å². The van der Waals surface area contributed by atoms with Crippen LogP contribution in [0.2, 0.25) is 0 Å². The lowest BCUT2D eigenvalue weighted by molar-refractivity contribution is -0.174. The van der Waals surface area contributed by atoms with Crippen LogP contribution in [0.5, 0.6) is 0 Å². The Bertz CT molecular complexity index is 469. The Kier molecular flexibility index (Phi) is 4.63. The zero-order valence-electron chi connectivity index (χ0n) is 13.4. The van der Waals surface area contributed by atoms with Crippen LogP contribution < -0.4 is 5.32 Å². The van der Waals surface area contributed by atoms with Crippen LogP contribution in [0.3, 0.4) is 0 Å². The van der Waals surface area contributed by atoms with Crippen molar-refractivity contribution in [3.63, 3.8) is 0 Å². The third-order valence-electron chi connectivity index (χ3n) is 5.50. The Labute approximate surface area is 133 Å². The number of nitrogens with one attached hydrogen (secondary N) is 1. The molecule has 116 valence electrons. The smallest absolute Gasteiger partial charge is 0.0661 e. The van der Waals surface area contributed by atoms with E-state index < -0.39 is 0 Å². The van der Waals surface area contributed by atoms with Crippen LogP contribution in [0.1, 0.15) is 51.1 Å². The van der Waals surface area contributed by atoms with E-state index in [1.54, 1.807) is 11.8 Å². The predicted molar refractivity (Wildman–Crippen MR) is 89.9 cm³/mol. The van der Waals surface area contributed by atoms with Crippen molar-refractivity contribution < 1.29 is 4.74 Å². The molecule has 21 heavy (non-hydrogen) atoms. The number of benzene rings is 1. The standard InChI is InChI=1S/C18H27NOS/c1-4-20-17-12-16(18(17)10-5-11-18)19-13(2)14-6-8-15(21-3)9-7-14/h6-9,13,16-17,19H,4-5,10-12H2,1-3H3. The molecule has 2 aliphatic carbocycles. The fraction of sp³-hybridized carbons (Fsp3) is 0.667. The molecule has 0 heterocycles. The zero-order valence-corrected chi connectivity index (χ0v) is 14.2. The molecule has 2 fully saturated rings. The molecule has 0 amide bonds. The van der Waals surface area contributed by atoms with E-state index in [2.05, 4.69) is 49.7 Å². The maximum Gasteiger partial charge on any atom is 0.0661 e. The average Bonchev–Trinajstić information content (AvgIpc) is 2.44. The van der Waals surface area contributed by atoms with Gasteiger partial charge in [-0.25, -0.2) is 0 Å². The van der Waals surface area contributed by atoms with Gasteiger partial charge in [-0.3, -0.25) is 0 Å². The van der Waals surface area contributed by atoms with E-state index in [0.717, 1.165) is 6.61 Å². The molecule has 3 rings (SSSR count). The summed E-state index contributed by atoms with van der Waals surface area (Å²) in [6.45, 7) is 5.25. The largest absolute Gasteiger partial charge is 0.378 e. The summed E-state index contributed by atoms with van der Waals surface area (Å²) >= 11 is 1.80. The molecule has 1 aromatic carbocycles.